The summed E-state index contributed by atoms with van der Waals surface area (Å²) in [6, 6.07) is 12.2. The number of rotatable bonds is 5. The van der Waals surface area contributed by atoms with Crippen LogP contribution in [0.3, 0.4) is 0 Å². The van der Waals surface area contributed by atoms with Gasteiger partial charge in [-0.05, 0) is 36.4 Å². The third-order valence-corrected chi connectivity index (χ3v) is 2.67. The molecule has 0 heterocycles. The van der Waals surface area contributed by atoms with Crippen molar-refractivity contribution in [2.24, 2.45) is 0 Å². The van der Waals surface area contributed by atoms with Crippen LogP contribution in [0.5, 0.6) is 11.5 Å². The third kappa shape index (κ3) is 3.32. The number of carbonyl (C=O) groups excluding carboxylic acids is 1. The van der Waals surface area contributed by atoms with Crippen LogP contribution < -0.4 is 9.47 Å². The normalized spacial score (nSPS) is 10.4. The lowest BCUT2D eigenvalue weighted by molar-refractivity contribution is -0.0498. The Hall–Kier alpha value is -2.43. The number of alkyl halides is 2. The highest BCUT2D eigenvalue weighted by Crippen LogP contribution is 2.19. The van der Waals surface area contributed by atoms with Crippen LogP contribution >= 0.6 is 0 Å². The minimum atomic E-state index is -2.92. The number of hydrogen-bond donors (Lipinski definition) is 0. The fourth-order valence-electron chi connectivity index (χ4n) is 1.72. The number of carbonyl (C=O) groups is 1. The van der Waals surface area contributed by atoms with E-state index in [0.29, 0.717) is 11.3 Å². The van der Waals surface area contributed by atoms with Gasteiger partial charge in [-0.1, -0.05) is 12.1 Å². The molecule has 0 N–H and O–H groups in total. The molecule has 0 aliphatic rings. The Morgan fingerprint density at radius 2 is 1.70 bits per heavy atom. The number of ketones is 1. The summed E-state index contributed by atoms with van der Waals surface area (Å²) in [5, 5.41) is 0. The largest absolute Gasteiger partial charge is 0.497 e. The van der Waals surface area contributed by atoms with Crippen molar-refractivity contribution in [3.8, 4) is 11.5 Å². The molecule has 104 valence electrons. The molecular weight excluding hydrogens is 266 g/mol. The second-order valence-corrected chi connectivity index (χ2v) is 3.96. The zero-order valence-corrected chi connectivity index (χ0v) is 10.7. The van der Waals surface area contributed by atoms with Gasteiger partial charge in [-0.25, -0.2) is 0 Å². The van der Waals surface area contributed by atoms with Crippen LogP contribution in [0.15, 0.2) is 48.5 Å². The number of benzene rings is 2. The molecule has 2 rings (SSSR count). The van der Waals surface area contributed by atoms with E-state index in [1.165, 1.54) is 25.3 Å². The molecule has 0 bridgehead atoms. The van der Waals surface area contributed by atoms with Crippen molar-refractivity contribution in [3.63, 3.8) is 0 Å². The monoisotopic (exact) mass is 278 g/mol. The first kappa shape index (κ1) is 14.0. The molecule has 20 heavy (non-hydrogen) atoms. The van der Waals surface area contributed by atoms with E-state index in [1.54, 1.807) is 30.3 Å². The maximum Gasteiger partial charge on any atom is 0.387 e. The van der Waals surface area contributed by atoms with Gasteiger partial charge in [-0.15, -0.1) is 0 Å². The maximum absolute atomic E-state index is 12.2. The van der Waals surface area contributed by atoms with Crippen LogP contribution in [0.4, 0.5) is 8.78 Å². The van der Waals surface area contributed by atoms with Crippen molar-refractivity contribution in [3.05, 3.63) is 59.7 Å². The summed E-state index contributed by atoms with van der Waals surface area (Å²) in [5.41, 5.74) is 0.730. The van der Waals surface area contributed by atoms with Gasteiger partial charge in [0.1, 0.15) is 11.5 Å². The quantitative estimate of drug-likeness (QED) is 0.785. The van der Waals surface area contributed by atoms with E-state index in [0.717, 1.165) is 0 Å². The highest BCUT2D eigenvalue weighted by atomic mass is 19.3. The van der Waals surface area contributed by atoms with Crippen molar-refractivity contribution < 1.29 is 23.0 Å². The third-order valence-electron chi connectivity index (χ3n) is 2.67. The number of hydrogen-bond acceptors (Lipinski definition) is 3. The van der Waals surface area contributed by atoms with Gasteiger partial charge >= 0.3 is 6.61 Å². The predicted molar refractivity (Wildman–Crippen MR) is 69.5 cm³/mol. The molecule has 0 fully saturated rings. The van der Waals surface area contributed by atoms with Crippen molar-refractivity contribution >= 4 is 5.78 Å². The van der Waals surface area contributed by atoms with Gasteiger partial charge < -0.3 is 9.47 Å². The van der Waals surface area contributed by atoms with Gasteiger partial charge in [-0.3, -0.25) is 4.79 Å². The van der Waals surface area contributed by atoms with Gasteiger partial charge in [0, 0.05) is 11.1 Å². The molecule has 0 aliphatic carbocycles. The molecule has 0 saturated heterocycles. The Morgan fingerprint density at radius 1 is 1.00 bits per heavy atom. The first-order valence-electron chi connectivity index (χ1n) is 5.84. The van der Waals surface area contributed by atoms with E-state index in [9.17, 15) is 13.6 Å². The fraction of sp³-hybridized carbons (Fsp3) is 0.133. The lowest BCUT2D eigenvalue weighted by Gasteiger charge is -2.07. The summed E-state index contributed by atoms with van der Waals surface area (Å²) >= 11 is 0. The van der Waals surface area contributed by atoms with Gasteiger partial charge in [-0.2, -0.15) is 8.78 Å². The molecular formula is C15H12F2O3. The summed E-state index contributed by atoms with van der Waals surface area (Å²) < 4.78 is 33.6. The SMILES string of the molecule is COc1ccc(C(=O)c2cccc(OC(F)F)c2)cc1. The molecule has 0 aliphatic heterocycles. The lowest BCUT2D eigenvalue weighted by atomic mass is 10.0. The van der Waals surface area contributed by atoms with E-state index in [-0.39, 0.29) is 17.1 Å². The van der Waals surface area contributed by atoms with Crippen LogP contribution in [0.1, 0.15) is 15.9 Å². The van der Waals surface area contributed by atoms with E-state index < -0.39 is 6.61 Å². The smallest absolute Gasteiger partial charge is 0.387 e. The second-order valence-electron chi connectivity index (χ2n) is 3.96. The summed E-state index contributed by atoms with van der Waals surface area (Å²) in [6.07, 6.45) is 0. The molecule has 0 spiro atoms. The Labute approximate surface area is 114 Å². The first-order chi connectivity index (χ1) is 9.60. The number of halogens is 2. The average Bonchev–Trinajstić information content (AvgIpc) is 2.46. The molecule has 0 atom stereocenters. The number of methoxy groups -OCH3 is 1. The Balaban J connectivity index is 2.23. The zero-order chi connectivity index (χ0) is 14.5. The number of ether oxygens (including phenoxy) is 2. The van der Waals surface area contributed by atoms with Gasteiger partial charge in [0.2, 0.25) is 0 Å². The summed E-state index contributed by atoms with van der Waals surface area (Å²) in [5.74, 6) is 0.322. The second kappa shape index (κ2) is 6.14. The first-order valence-corrected chi connectivity index (χ1v) is 5.84. The molecule has 2 aromatic rings. The van der Waals surface area contributed by atoms with Gasteiger partial charge in [0.05, 0.1) is 7.11 Å². The van der Waals surface area contributed by atoms with Crippen LogP contribution in [0.2, 0.25) is 0 Å². The van der Waals surface area contributed by atoms with Gasteiger partial charge in [0.25, 0.3) is 0 Å². The molecule has 2 aromatic carbocycles. The van der Waals surface area contributed by atoms with Crippen molar-refractivity contribution in [1.82, 2.24) is 0 Å². The van der Waals surface area contributed by atoms with Crippen LogP contribution in [0.25, 0.3) is 0 Å². The molecule has 0 saturated carbocycles. The van der Waals surface area contributed by atoms with E-state index >= 15 is 0 Å². The highest BCUT2D eigenvalue weighted by Gasteiger charge is 2.11. The molecule has 5 heteroatoms. The highest BCUT2D eigenvalue weighted by molar-refractivity contribution is 6.09. The molecule has 3 nitrogen and oxygen atoms in total. The zero-order valence-electron chi connectivity index (χ0n) is 10.7. The fourth-order valence-corrected chi connectivity index (χ4v) is 1.72. The van der Waals surface area contributed by atoms with Crippen LogP contribution in [-0.2, 0) is 0 Å². The predicted octanol–water partition coefficient (Wildman–Crippen LogP) is 3.53. The Morgan fingerprint density at radius 3 is 2.30 bits per heavy atom. The minimum absolute atomic E-state index is 0.0423. The Bertz CT molecular complexity index is 594. The van der Waals surface area contributed by atoms with Crippen LogP contribution in [-0.4, -0.2) is 19.5 Å². The summed E-state index contributed by atoms with van der Waals surface area (Å²) in [6.45, 7) is -2.92. The summed E-state index contributed by atoms with van der Waals surface area (Å²) in [4.78, 5) is 12.2. The lowest BCUT2D eigenvalue weighted by Crippen LogP contribution is -2.05. The van der Waals surface area contributed by atoms with E-state index in [2.05, 4.69) is 4.74 Å². The van der Waals surface area contributed by atoms with E-state index in [4.69, 9.17) is 4.74 Å². The molecule has 0 unspecified atom stereocenters. The van der Waals surface area contributed by atoms with Crippen molar-refractivity contribution in [2.45, 2.75) is 6.61 Å². The van der Waals surface area contributed by atoms with E-state index in [1.807, 2.05) is 0 Å². The standard InChI is InChI=1S/C15H12F2O3/c1-19-12-7-5-10(6-8-12)14(18)11-3-2-4-13(9-11)20-15(16)17/h2-9,15H,1H3. The van der Waals surface area contributed by atoms with Crippen LogP contribution in [0, 0.1) is 0 Å². The molecule has 0 aromatic heterocycles. The summed E-state index contributed by atoms with van der Waals surface area (Å²) in [7, 11) is 1.53. The minimum Gasteiger partial charge on any atom is -0.497 e. The average molecular weight is 278 g/mol. The maximum atomic E-state index is 12.2. The van der Waals surface area contributed by atoms with Crippen molar-refractivity contribution in [2.75, 3.05) is 7.11 Å². The molecule has 0 amide bonds. The van der Waals surface area contributed by atoms with Gasteiger partial charge in [0.15, 0.2) is 5.78 Å². The molecule has 0 radical (unpaired) electrons. The van der Waals surface area contributed by atoms with Crippen molar-refractivity contribution in [1.29, 1.82) is 0 Å². The topological polar surface area (TPSA) is 35.5 Å². The Kier molecular flexibility index (Phi) is 4.30.